The Kier molecular flexibility index (Phi) is 1.99. The summed E-state index contributed by atoms with van der Waals surface area (Å²) in [6, 6.07) is 7.63. The van der Waals surface area contributed by atoms with Crippen LogP contribution in [-0.2, 0) is 5.11 Å². The topological polar surface area (TPSA) is 32.8 Å². The summed E-state index contributed by atoms with van der Waals surface area (Å²) in [5, 5.41) is 13.4. The van der Waals surface area contributed by atoms with Gasteiger partial charge in [-0.3, -0.25) is 4.98 Å². The maximum Gasteiger partial charge on any atom is 0.116 e. The fraction of sp³-hybridized carbons (Fsp3) is 0.182. The minimum absolute atomic E-state index is 0.675. The van der Waals surface area contributed by atoms with Crippen molar-refractivity contribution < 1.29 is 5.11 Å². The number of fused-ring (bicyclic) bond motifs is 1. The van der Waals surface area contributed by atoms with E-state index in [0.29, 0.717) is 0 Å². The van der Waals surface area contributed by atoms with Crippen molar-refractivity contribution in [2.75, 3.05) is 0 Å². The van der Waals surface area contributed by atoms with Gasteiger partial charge in [0.2, 0.25) is 0 Å². The quantitative estimate of drug-likeness (QED) is 0.651. The molecule has 0 aliphatic rings. The number of benzene rings is 1. The highest BCUT2D eigenvalue weighted by molar-refractivity contribution is 5.84. The molecule has 0 saturated heterocycles. The zero-order chi connectivity index (χ0) is 9.26. The van der Waals surface area contributed by atoms with Gasteiger partial charge in [0, 0.05) is 17.8 Å². The molecule has 0 bridgehead atoms. The van der Waals surface area contributed by atoms with Gasteiger partial charge in [-0.25, -0.2) is 5.11 Å². The van der Waals surface area contributed by atoms with Crippen molar-refractivity contribution >= 4 is 10.8 Å². The SMILES string of the molecule is CC([O])c1cccc2cnccc12. The van der Waals surface area contributed by atoms with Crippen molar-refractivity contribution in [3.63, 3.8) is 0 Å². The number of aromatic nitrogens is 1. The first-order valence-corrected chi connectivity index (χ1v) is 4.27. The predicted molar refractivity (Wildman–Crippen MR) is 50.8 cm³/mol. The highest BCUT2D eigenvalue weighted by atomic mass is 16.3. The fourth-order valence-electron chi connectivity index (χ4n) is 1.50. The smallest absolute Gasteiger partial charge is 0.116 e. The van der Waals surface area contributed by atoms with Gasteiger partial charge in [0.15, 0.2) is 0 Å². The molecular weight excluding hydrogens is 162 g/mol. The van der Waals surface area contributed by atoms with Gasteiger partial charge < -0.3 is 0 Å². The Morgan fingerprint density at radius 1 is 1.31 bits per heavy atom. The maximum atomic E-state index is 11.3. The highest BCUT2D eigenvalue weighted by Crippen LogP contribution is 2.23. The summed E-state index contributed by atoms with van der Waals surface area (Å²) in [7, 11) is 0. The van der Waals surface area contributed by atoms with Gasteiger partial charge in [0.1, 0.15) is 6.10 Å². The highest BCUT2D eigenvalue weighted by Gasteiger charge is 2.06. The first-order valence-electron chi connectivity index (χ1n) is 4.27. The standard InChI is InChI=1S/C11H10NO/c1-8(13)10-4-2-3-9-7-12-6-5-11(9)10/h2-8H,1H3. The van der Waals surface area contributed by atoms with Crippen LogP contribution in [0.2, 0.25) is 0 Å². The van der Waals surface area contributed by atoms with Crippen LogP contribution >= 0.6 is 0 Å². The van der Waals surface area contributed by atoms with Crippen molar-refractivity contribution in [2.45, 2.75) is 13.0 Å². The number of hydrogen-bond acceptors (Lipinski definition) is 1. The van der Waals surface area contributed by atoms with Crippen LogP contribution in [0.3, 0.4) is 0 Å². The van der Waals surface area contributed by atoms with Crippen LogP contribution in [0.25, 0.3) is 10.8 Å². The molecule has 2 heteroatoms. The van der Waals surface area contributed by atoms with Gasteiger partial charge in [-0.15, -0.1) is 0 Å². The second kappa shape index (κ2) is 3.15. The van der Waals surface area contributed by atoms with Gasteiger partial charge in [0.25, 0.3) is 0 Å². The molecule has 0 aliphatic heterocycles. The summed E-state index contributed by atoms with van der Waals surface area (Å²) >= 11 is 0. The van der Waals surface area contributed by atoms with Gasteiger partial charge in [-0.2, -0.15) is 0 Å². The van der Waals surface area contributed by atoms with E-state index >= 15 is 0 Å². The molecule has 0 N–H and O–H groups in total. The van der Waals surface area contributed by atoms with Gasteiger partial charge in [-0.1, -0.05) is 18.2 Å². The van der Waals surface area contributed by atoms with E-state index in [1.165, 1.54) is 0 Å². The molecule has 2 aromatic rings. The van der Waals surface area contributed by atoms with E-state index < -0.39 is 6.10 Å². The molecular formula is C11H10NO. The Labute approximate surface area is 76.9 Å². The summed E-state index contributed by atoms with van der Waals surface area (Å²) in [5.74, 6) is 0. The molecule has 0 fully saturated rings. The normalized spacial score (nSPS) is 13.1. The lowest BCUT2D eigenvalue weighted by Gasteiger charge is -2.06. The van der Waals surface area contributed by atoms with E-state index in [4.69, 9.17) is 0 Å². The molecule has 0 aliphatic carbocycles. The van der Waals surface area contributed by atoms with E-state index in [9.17, 15) is 5.11 Å². The molecule has 2 rings (SSSR count). The molecule has 1 aromatic heterocycles. The third-order valence-electron chi connectivity index (χ3n) is 2.15. The average molecular weight is 172 g/mol. The Morgan fingerprint density at radius 2 is 2.15 bits per heavy atom. The summed E-state index contributed by atoms with van der Waals surface area (Å²) in [6.07, 6.45) is 2.82. The molecule has 13 heavy (non-hydrogen) atoms. The largest absolute Gasteiger partial charge is 0.264 e. The van der Waals surface area contributed by atoms with Crippen molar-refractivity contribution in [3.8, 4) is 0 Å². The minimum Gasteiger partial charge on any atom is -0.264 e. The Hall–Kier alpha value is -1.41. The second-order valence-electron chi connectivity index (χ2n) is 3.09. The zero-order valence-electron chi connectivity index (χ0n) is 7.40. The Morgan fingerprint density at radius 3 is 2.92 bits per heavy atom. The average Bonchev–Trinajstić information content (AvgIpc) is 2.17. The van der Waals surface area contributed by atoms with Gasteiger partial charge >= 0.3 is 0 Å². The lowest BCUT2D eigenvalue weighted by Crippen LogP contribution is -1.90. The molecule has 1 radical (unpaired) electrons. The summed E-state index contributed by atoms with van der Waals surface area (Å²) in [6.45, 7) is 1.66. The van der Waals surface area contributed by atoms with E-state index in [2.05, 4.69) is 4.98 Å². The molecule has 1 aromatic carbocycles. The van der Waals surface area contributed by atoms with Gasteiger partial charge in [0.05, 0.1) is 0 Å². The van der Waals surface area contributed by atoms with Crippen molar-refractivity contribution in [1.29, 1.82) is 0 Å². The zero-order valence-corrected chi connectivity index (χ0v) is 7.40. The van der Waals surface area contributed by atoms with Crippen LogP contribution in [0.5, 0.6) is 0 Å². The molecule has 1 atom stereocenters. The number of hydrogen-bond donors (Lipinski definition) is 0. The predicted octanol–water partition coefficient (Wildman–Crippen LogP) is 2.73. The molecule has 0 spiro atoms. The summed E-state index contributed by atoms with van der Waals surface area (Å²) in [4.78, 5) is 4.01. The van der Waals surface area contributed by atoms with Crippen LogP contribution in [0.1, 0.15) is 18.6 Å². The van der Waals surface area contributed by atoms with Crippen LogP contribution in [0, 0.1) is 0 Å². The third kappa shape index (κ3) is 1.40. The molecule has 1 unspecified atom stereocenters. The fourth-order valence-corrected chi connectivity index (χ4v) is 1.50. The molecule has 0 amide bonds. The van der Waals surface area contributed by atoms with Crippen LogP contribution in [0.15, 0.2) is 36.7 Å². The Balaban J connectivity index is 2.76. The third-order valence-corrected chi connectivity index (χ3v) is 2.15. The number of nitrogens with zero attached hydrogens (tertiary/aromatic N) is 1. The maximum absolute atomic E-state index is 11.3. The van der Waals surface area contributed by atoms with Gasteiger partial charge in [-0.05, 0) is 23.9 Å². The van der Waals surface area contributed by atoms with Crippen molar-refractivity contribution in [3.05, 3.63) is 42.2 Å². The minimum atomic E-state index is -0.675. The van der Waals surface area contributed by atoms with E-state index in [-0.39, 0.29) is 0 Å². The number of rotatable bonds is 1. The van der Waals surface area contributed by atoms with E-state index in [0.717, 1.165) is 16.3 Å². The van der Waals surface area contributed by atoms with Crippen LogP contribution in [0.4, 0.5) is 0 Å². The molecule has 1 heterocycles. The second-order valence-corrected chi connectivity index (χ2v) is 3.09. The molecule has 2 nitrogen and oxygen atoms in total. The summed E-state index contributed by atoms with van der Waals surface area (Å²) in [5.41, 5.74) is 0.847. The summed E-state index contributed by atoms with van der Waals surface area (Å²) < 4.78 is 0. The lowest BCUT2D eigenvalue weighted by molar-refractivity contribution is 0.107. The van der Waals surface area contributed by atoms with E-state index in [1.54, 1.807) is 19.3 Å². The van der Waals surface area contributed by atoms with E-state index in [1.807, 2.05) is 24.3 Å². The van der Waals surface area contributed by atoms with Crippen LogP contribution in [-0.4, -0.2) is 4.98 Å². The molecule has 65 valence electrons. The van der Waals surface area contributed by atoms with Crippen LogP contribution < -0.4 is 0 Å². The first kappa shape index (κ1) is 8.20. The number of pyridine rings is 1. The monoisotopic (exact) mass is 172 g/mol. The van der Waals surface area contributed by atoms with Crippen molar-refractivity contribution in [2.24, 2.45) is 0 Å². The van der Waals surface area contributed by atoms with Crippen molar-refractivity contribution in [1.82, 2.24) is 4.98 Å². The lowest BCUT2D eigenvalue weighted by atomic mass is 10.0. The Bertz CT molecular complexity index is 418. The first-order chi connectivity index (χ1) is 6.29. The molecule has 0 saturated carbocycles.